The molecule has 0 heterocycles. The first-order valence-corrected chi connectivity index (χ1v) is 6.03. The minimum Gasteiger partial charge on any atom is -0.382 e. The number of rotatable bonds is 0. The Bertz CT molecular complexity index is 165. The average molecular weight is 382 g/mol. The van der Waals surface area contributed by atoms with Crippen LogP contribution in [-0.2, 0) is 9.47 Å². The molecule has 0 rings (SSSR count). The van der Waals surface area contributed by atoms with Gasteiger partial charge in [0.25, 0.3) is 0 Å². The van der Waals surface area contributed by atoms with Crippen molar-refractivity contribution in [2.45, 2.75) is 7.96 Å². The van der Waals surface area contributed by atoms with Gasteiger partial charge in [0.2, 0.25) is 0 Å². The van der Waals surface area contributed by atoms with E-state index in [1.165, 1.54) is 0 Å². The summed E-state index contributed by atoms with van der Waals surface area (Å²) in [5.74, 6) is 0. The highest BCUT2D eigenvalue weighted by molar-refractivity contribution is 6.67. The number of halogens is 8. The van der Waals surface area contributed by atoms with Crippen molar-refractivity contribution in [1.82, 2.24) is 0 Å². The van der Waals surface area contributed by atoms with Crippen molar-refractivity contribution >= 4 is 99.0 Å². The lowest BCUT2D eigenvalue weighted by atomic mass is 11.3. The molecule has 0 spiro atoms. The molecule has 0 atom stereocenters. The lowest BCUT2D eigenvalue weighted by Crippen LogP contribution is -2.22. The second-order valence-corrected chi connectivity index (χ2v) is 6.61. The Morgan fingerprint density at radius 1 is 0.867 bits per heavy atom. The summed E-state index contributed by atoms with van der Waals surface area (Å²) in [4.78, 5) is 10.5. The van der Waals surface area contributed by atoms with Crippen LogP contribution in [-0.4, -0.2) is 19.5 Å². The molecule has 0 bridgehead atoms. The Hall–Kier alpha value is 1.59. The van der Waals surface area contributed by atoms with Crippen LogP contribution in [0.15, 0.2) is 0 Å². The Labute approximate surface area is 126 Å². The van der Waals surface area contributed by atoms with Gasteiger partial charge in [-0.05, 0) is 69.6 Å². The fourth-order valence-corrected chi connectivity index (χ4v) is 0.588. The molecule has 0 saturated heterocycles. The SMILES string of the molecule is ClCCl.O=C(OC(Cl)(Cl)Cl)OC(Cl)(Cl)Cl. The van der Waals surface area contributed by atoms with Crippen molar-refractivity contribution in [2.24, 2.45) is 0 Å². The van der Waals surface area contributed by atoms with Crippen LogP contribution in [0.3, 0.4) is 0 Å². The molecule has 0 radical (unpaired) electrons. The van der Waals surface area contributed by atoms with Gasteiger partial charge in [-0.3, -0.25) is 0 Å². The molecule has 0 aliphatic heterocycles. The summed E-state index contributed by atoms with van der Waals surface area (Å²) in [6.07, 6.45) is -1.41. The average Bonchev–Trinajstić information content (AvgIpc) is 1.77. The van der Waals surface area contributed by atoms with E-state index in [2.05, 4.69) is 9.47 Å². The molecule has 0 saturated carbocycles. The number of carbonyl (C=O) groups is 1. The fourth-order valence-electron chi connectivity index (χ4n) is 0.210. The molecule has 0 aliphatic carbocycles. The molecule has 3 nitrogen and oxygen atoms in total. The third-order valence-corrected chi connectivity index (χ3v) is 0.861. The van der Waals surface area contributed by atoms with Crippen molar-refractivity contribution in [1.29, 1.82) is 0 Å². The van der Waals surface area contributed by atoms with E-state index >= 15 is 0 Å². The maximum Gasteiger partial charge on any atom is 0.515 e. The van der Waals surface area contributed by atoms with Crippen molar-refractivity contribution < 1.29 is 14.3 Å². The highest BCUT2D eigenvalue weighted by atomic mass is 35.6. The van der Waals surface area contributed by atoms with Gasteiger partial charge in [0.05, 0.1) is 5.34 Å². The molecule has 0 N–H and O–H groups in total. The first-order chi connectivity index (χ1) is 6.52. The number of alkyl halides is 8. The van der Waals surface area contributed by atoms with Crippen molar-refractivity contribution in [3.05, 3.63) is 0 Å². The summed E-state index contributed by atoms with van der Waals surface area (Å²) in [6, 6.07) is 0. The third-order valence-electron chi connectivity index (χ3n) is 0.398. The van der Waals surface area contributed by atoms with Gasteiger partial charge < -0.3 is 9.47 Å². The quantitative estimate of drug-likeness (QED) is 0.426. The van der Waals surface area contributed by atoms with Gasteiger partial charge in [-0.25, -0.2) is 4.79 Å². The van der Waals surface area contributed by atoms with Gasteiger partial charge >= 0.3 is 14.1 Å². The van der Waals surface area contributed by atoms with Crippen molar-refractivity contribution in [3.63, 3.8) is 0 Å². The first-order valence-electron chi connectivity index (χ1n) is 2.69. The van der Waals surface area contributed by atoms with E-state index in [0.29, 0.717) is 0 Å². The highest BCUT2D eigenvalue weighted by Gasteiger charge is 2.32. The molecule has 0 unspecified atom stereocenters. The molecule has 0 amide bonds. The molecule has 11 heteroatoms. The van der Waals surface area contributed by atoms with Gasteiger partial charge in [0.15, 0.2) is 0 Å². The predicted octanol–water partition coefficient (Wildman–Crippen LogP) is 5.22. The van der Waals surface area contributed by atoms with Crippen molar-refractivity contribution in [2.75, 3.05) is 5.34 Å². The summed E-state index contributed by atoms with van der Waals surface area (Å²) in [5, 5.41) is 0.194. The maximum absolute atomic E-state index is 10.5. The van der Waals surface area contributed by atoms with Crippen LogP contribution in [0.5, 0.6) is 0 Å². The van der Waals surface area contributed by atoms with Gasteiger partial charge in [0.1, 0.15) is 0 Å². The normalized spacial score (nSPS) is 11.2. The number of ether oxygens (including phenoxy) is 2. The zero-order valence-electron chi connectivity index (χ0n) is 6.46. The molecule has 0 aromatic rings. The first kappa shape index (κ1) is 18.9. The molecular weight excluding hydrogens is 380 g/mol. The predicted molar refractivity (Wildman–Crippen MR) is 64.7 cm³/mol. The van der Waals surface area contributed by atoms with Crippen LogP contribution in [0.1, 0.15) is 0 Å². The Balaban J connectivity index is 0. The lowest BCUT2D eigenvalue weighted by Gasteiger charge is -2.15. The van der Waals surface area contributed by atoms with Crippen molar-refractivity contribution in [3.8, 4) is 0 Å². The molecular formula is C4H2Cl8O3. The number of carbonyl (C=O) groups excluding carboxylic acids is 1. The van der Waals surface area contributed by atoms with E-state index < -0.39 is 14.1 Å². The highest BCUT2D eigenvalue weighted by Crippen LogP contribution is 2.32. The van der Waals surface area contributed by atoms with Crippen LogP contribution in [0.25, 0.3) is 0 Å². The monoisotopic (exact) mass is 378 g/mol. The maximum atomic E-state index is 10.5. The molecule has 0 fully saturated rings. The topological polar surface area (TPSA) is 35.5 Å². The molecule has 15 heavy (non-hydrogen) atoms. The van der Waals surface area contributed by atoms with E-state index in [-0.39, 0.29) is 5.34 Å². The summed E-state index contributed by atoms with van der Waals surface area (Å²) < 4.78 is 3.50. The Morgan fingerprint density at radius 2 is 1.07 bits per heavy atom. The van der Waals surface area contributed by atoms with E-state index in [1.807, 2.05) is 0 Å². The largest absolute Gasteiger partial charge is 0.515 e. The van der Waals surface area contributed by atoms with Crippen LogP contribution in [0.4, 0.5) is 4.79 Å². The second-order valence-electron chi connectivity index (χ2n) is 1.45. The molecule has 0 aromatic carbocycles. The van der Waals surface area contributed by atoms with E-state index in [0.717, 1.165) is 0 Å². The van der Waals surface area contributed by atoms with Gasteiger partial charge in [-0.2, -0.15) is 0 Å². The molecule has 0 aromatic heterocycles. The Kier molecular flexibility index (Phi) is 10.9. The van der Waals surface area contributed by atoms with E-state index in [4.69, 9.17) is 92.8 Å². The summed E-state index contributed by atoms with van der Waals surface area (Å²) in [6.45, 7) is 0. The van der Waals surface area contributed by atoms with Crippen LogP contribution >= 0.6 is 92.8 Å². The number of hydrogen-bond acceptors (Lipinski definition) is 3. The molecule has 92 valence electrons. The minimum absolute atomic E-state index is 0.194. The summed E-state index contributed by atoms with van der Waals surface area (Å²) in [5.41, 5.74) is 0. The lowest BCUT2D eigenvalue weighted by molar-refractivity contribution is 0.0508. The summed E-state index contributed by atoms with van der Waals surface area (Å²) in [7, 11) is 0. The summed E-state index contributed by atoms with van der Waals surface area (Å²) >= 11 is 39.7. The van der Waals surface area contributed by atoms with Gasteiger partial charge in [-0.1, -0.05) is 0 Å². The standard InChI is InChI=1S/C3Cl6O3.CH2Cl2/c4-2(5,6)11-1(10)12-3(7,8)9;2-1-3/h;1H2. The van der Waals surface area contributed by atoms with Crippen LogP contribution < -0.4 is 0 Å². The smallest absolute Gasteiger partial charge is 0.382 e. The Morgan fingerprint density at radius 3 is 1.20 bits per heavy atom. The zero-order valence-corrected chi connectivity index (χ0v) is 12.5. The van der Waals surface area contributed by atoms with Crippen LogP contribution in [0, 0.1) is 0 Å². The van der Waals surface area contributed by atoms with Crippen LogP contribution in [0.2, 0.25) is 0 Å². The fraction of sp³-hybridized carbons (Fsp3) is 0.750. The van der Waals surface area contributed by atoms with Gasteiger partial charge in [-0.15, -0.1) is 23.2 Å². The third kappa shape index (κ3) is 21.4. The van der Waals surface area contributed by atoms with E-state index in [9.17, 15) is 4.79 Å². The molecule has 0 aliphatic rings. The van der Waals surface area contributed by atoms with Gasteiger partial charge in [0, 0.05) is 0 Å². The zero-order chi connectivity index (χ0) is 12.7. The minimum atomic E-state index is -2.24. The second kappa shape index (κ2) is 8.65. The van der Waals surface area contributed by atoms with E-state index in [1.54, 1.807) is 0 Å². The number of hydrogen-bond donors (Lipinski definition) is 0.